The molecule has 0 saturated heterocycles. The van der Waals surface area contributed by atoms with E-state index in [9.17, 15) is 0 Å². The Balaban J connectivity index is 2.25. The van der Waals surface area contributed by atoms with Crippen LogP contribution in [-0.4, -0.2) is 23.4 Å². The number of aromatic nitrogens is 2. The number of aryl methyl sites for hydroxylation is 2. The summed E-state index contributed by atoms with van der Waals surface area (Å²) < 4.78 is 2.00. The number of rotatable bonds is 7. The highest BCUT2D eigenvalue weighted by molar-refractivity contribution is 7.10. The lowest BCUT2D eigenvalue weighted by Crippen LogP contribution is -2.25. The first-order chi connectivity index (χ1) is 10.1. The fourth-order valence-electron chi connectivity index (χ4n) is 2.63. The summed E-state index contributed by atoms with van der Waals surface area (Å²) in [5.74, 6) is 1.21. The molecule has 0 aliphatic heterocycles. The van der Waals surface area contributed by atoms with Crippen molar-refractivity contribution in [2.75, 3.05) is 18.5 Å². The summed E-state index contributed by atoms with van der Waals surface area (Å²) in [5.41, 5.74) is 2.41. The summed E-state index contributed by atoms with van der Waals surface area (Å²) in [5, 5.41) is 10.2. The number of nitrogens with zero attached hydrogens (tertiary/aromatic N) is 3. The summed E-state index contributed by atoms with van der Waals surface area (Å²) in [7, 11) is 4.19. The van der Waals surface area contributed by atoms with Gasteiger partial charge >= 0.3 is 0 Å². The SMILES string of the molecule is CCCNCc1c(C)nn(C)c1N(C)C(C)c1cccs1. The summed E-state index contributed by atoms with van der Waals surface area (Å²) >= 11 is 1.81. The molecular formula is C16H26N4S. The Morgan fingerprint density at radius 1 is 1.48 bits per heavy atom. The van der Waals surface area contributed by atoms with Crippen molar-refractivity contribution < 1.29 is 0 Å². The van der Waals surface area contributed by atoms with E-state index in [-0.39, 0.29) is 0 Å². The van der Waals surface area contributed by atoms with E-state index in [4.69, 9.17) is 0 Å². The number of hydrogen-bond donors (Lipinski definition) is 1. The van der Waals surface area contributed by atoms with Gasteiger partial charge in [0.2, 0.25) is 0 Å². The van der Waals surface area contributed by atoms with E-state index in [0.29, 0.717) is 6.04 Å². The van der Waals surface area contributed by atoms with Crippen molar-refractivity contribution in [1.82, 2.24) is 15.1 Å². The van der Waals surface area contributed by atoms with Crippen LogP contribution in [0.1, 0.15) is 42.4 Å². The molecule has 0 fully saturated rings. The molecule has 0 amide bonds. The van der Waals surface area contributed by atoms with Gasteiger partial charge in [0.25, 0.3) is 0 Å². The smallest absolute Gasteiger partial charge is 0.131 e. The van der Waals surface area contributed by atoms with Gasteiger partial charge in [-0.3, -0.25) is 4.68 Å². The lowest BCUT2D eigenvalue weighted by Gasteiger charge is -2.27. The van der Waals surface area contributed by atoms with Gasteiger partial charge in [0, 0.05) is 31.1 Å². The Hall–Kier alpha value is -1.33. The Kier molecular flexibility index (Phi) is 5.42. The minimum atomic E-state index is 0.352. The van der Waals surface area contributed by atoms with Crippen molar-refractivity contribution in [2.45, 2.75) is 39.8 Å². The molecular weight excluding hydrogens is 280 g/mol. The van der Waals surface area contributed by atoms with E-state index in [0.717, 1.165) is 25.2 Å². The highest BCUT2D eigenvalue weighted by Crippen LogP contribution is 2.31. The monoisotopic (exact) mass is 306 g/mol. The van der Waals surface area contributed by atoms with Crippen molar-refractivity contribution in [2.24, 2.45) is 7.05 Å². The van der Waals surface area contributed by atoms with Crippen LogP contribution in [0.2, 0.25) is 0 Å². The predicted molar refractivity (Wildman–Crippen MR) is 91.1 cm³/mol. The maximum Gasteiger partial charge on any atom is 0.131 e. The average molecular weight is 306 g/mol. The molecule has 1 N–H and O–H groups in total. The molecule has 0 aromatic carbocycles. The molecule has 0 aliphatic carbocycles. The van der Waals surface area contributed by atoms with E-state index in [1.165, 1.54) is 16.3 Å². The zero-order valence-corrected chi connectivity index (χ0v) is 14.5. The van der Waals surface area contributed by atoms with E-state index in [1.54, 1.807) is 0 Å². The third-order valence-electron chi connectivity index (χ3n) is 3.91. The first kappa shape index (κ1) is 16.0. The maximum absolute atomic E-state index is 4.61. The fraction of sp³-hybridized carbons (Fsp3) is 0.562. The van der Waals surface area contributed by atoms with E-state index >= 15 is 0 Å². The third-order valence-corrected chi connectivity index (χ3v) is 4.95. The molecule has 116 valence electrons. The second kappa shape index (κ2) is 7.09. The largest absolute Gasteiger partial charge is 0.352 e. The number of hydrogen-bond acceptors (Lipinski definition) is 4. The van der Waals surface area contributed by atoms with Crippen LogP contribution in [0.15, 0.2) is 17.5 Å². The van der Waals surface area contributed by atoms with E-state index < -0.39 is 0 Å². The summed E-state index contributed by atoms with van der Waals surface area (Å²) in [6.45, 7) is 8.45. The summed E-state index contributed by atoms with van der Waals surface area (Å²) in [4.78, 5) is 3.71. The van der Waals surface area contributed by atoms with Gasteiger partial charge < -0.3 is 10.2 Å². The molecule has 2 heterocycles. The van der Waals surface area contributed by atoms with Gasteiger partial charge in [-0.25, -0.2) is 0 Å². The molecule has 0 spiro atoms. The summed E-state index contributed by atoms with van der Waals surface area (Å²) in [6, 6.07) is 4.66. The second-order valence-electron chi connectivity index (χ2n) is 5.49. The standard InChI is InChI=1S/C16H26N4S/c1-6-9-17-11-14-12(2)18-20(5)16(14)19(4)13(3)15-8-7-10-21-15/h7-8,10,13,17H,6,9,11H2,1-5H3. The molecule has 0 radical (unpaired) electrons. The van der Waals surface area contributed by atoms with Crippen LogP contribution in [0.5, 0.6) is 0 Å². The first-order valence-electron chi connectivity index (χ1n) is 7.55. The number of anilines is 1. The van der Waals surface area contributed by atoms with Crippen LogP contribution in [0.3, 0.4) is 0 Å². The van der Waals surface area contributed by atoms with Crippen molar-refractivity contribution in [3.8, 4) is 0 Å². The molecule has 0 saturated carbocycles. The second-order valence-corrected chi connectivity index (χ2v) is 6.47. The highest BCUT2D eigenvalue weighted by Gasteiger charge is 2.21. The number of nitrogens with one attached hydrogen (secondary N) is 1. The van der Waals surface area contributed by atoms with E-state index in [2.05, 4.69) is 60.6 Å². The molecule has 0 aliphatic rings. The molecule has 0 bridgehead atoms. The van der Waals surface area contributed by atoms with Gasteiger partial charge in [-0.05, 0) is 38.3 Å². The zero-order valence-electron chi connectivity index (χ0n) is 13.7. The van der Waals surface area contributed by atoms with Crippen LogP contribution >= 0.6 is 11.3 Å². The van der Waals surface area contributed by atoms with Gasteiger partial charge in [-0.15, -0.1) is 11.3 Å². The van der Waals surface area contributed by atoms with Gasteiger partial charge in [-0.2, -0.15) is 5.10 Å². The van der Waals surface area contributed by atoms with Gasteiger partial charge in [0.05, 0.1) is 11.7 Å². The lowest BCUT2D eigenvalue weighted by molar-refractivity contribution is 0.656. The maximum atomic E-state index is 4.61. The summed E-state index contributed by atoms with van der Waals surface area (Å²) in [6.07, 6.45) is 1.15. The molecule has 4 nitrogen and oxygen atoms in total. The van der Waals surface area contributed by atoms with Crippen molar-refractivity contribution >= 4 is 17.2 Å². The Morgan fingerprint density at radius 2 is 2.24 bits per heavy atom. The minimum absolute atomic E-state index is 0.352. The highest BCUT2D eigenvalue weighted by atomic mass is 32.1. The van der Waals surface area contributed by atoms with Gasteiger partial charge in [0.1, 0.15) is 5.82 Å². The van der Waals surface area contributed by atoms with Crippen molar-refractivity contribution in [1.29, 1.82) is 0 Å². The molecule has 21 heavy (non-hydrogen) atoms. The van der Waals surface area contributed by atoms with Gasteiger partial charge in [0.15, 0.2) is 0 Å². The van der Waals surface area contributed by atoms with Crippen LogP contribution in [0.4, 0.5) is 5.82 Å². The predicted octanol–water partition coefficient (Wildman–Crippen LogP) is 3.49. The van der Waals surface area contributed by atoms with Crippen molar-refractivity contribution in [3.63, 3.8) is 0 Å². The minimum Gasteiger partial charge on any atom is -0.352 e. The van der Waals surface area contributed by atoms with Crippen LogP contribution < -0.4 is 10.2 Å². The van der Waals surface area contributed by atoms with Crippen LogP contribution in [-0.2, 0) is 13.6 Å². The van der Waals surface area contributed by atoms with Crippen LogP contribution in [0.25, 0.3) is 0 Å². The number of thiophene rings is 1. The molecule has 1 unspecified atom stereocenters. The first-order valence-corrected chi connectivity index (χ1v) is 8.43. The van der Waals surface area contributed by atoms with Gasteiger partial charge in [-0.1, -0.05) is 13.0 Å². The molecule has 1 atom stereocenters. The Morgan fingerprint density at radius 3 is 2.86 bits per heavy atom. The Bertz CT molecular complexity index is 559. The third kappa shape index (κ3) is 3.47. The molecule has 5 heteroatoms. The normalized spacial score (nSPS) is 12.6. The fourth-order valence-corrected chi connectivity index (χ4v) is 3.46. The molecule has 2 aromatic heterocycles. The Labute approximate surface area is 131 Å². The zero-order chi connectivity index (χ0) is 15.4. The topological polar surface area (TPSA) is 33.1 Å². The molecule has 2 rings (SSSR count). The average Bonchev–Trinajstić information content (AvgIpc) is 3.07. The quantitative estimate of drug-likeness (QED) is 0.795. The van der Waals surface area contributed by atoms with Crippen LogP contribution in [0, 0.1) is 6.92 Å². The lowest BCUT2D eigenvalue weighted by atomic mass is 10.2. The molecule has 2 aromatic rings. The van der Waals surface area contributed by atoms with Crippen molar-refractivity contribution in [3.05, 3.63) is 33.6 Å². The van der Waals surface area contributed by atoms with E-state index in [1.807, 2.05) is 23.1 Å².